The molecule has 4 rings (SSSR count). The predicted molar refractivity (Wildman–Crippen MR) is 83.0 cm³/mol. The topological polar surface area (TPSA) is 70.7 Å². The van der Waals surface area contributed by atoms with Gasteiger partial charge in [-0.3, -0.25) is 14.8 Å². The lowest BCUT2D eigenvalue weighted by Crippen LogP contribution is -2.51. The molecule has 0 aromatic carbocycles. The Morgan fingerprint density at radius 1 is 1.22 bits per heavy atom. The molecule has 7 nitrogen and oxygen atoms in total. The third-order valence-electron chi connectivity index (χ3n) is 5.31. The van der Waals surface area contributed by atoms with Crippen molar-refractivity contribution in [2.75, 3.05) is 52.5 Å². The van der Waals surface area contributed by atoms with Crippen molar-refractivity contribution in [1.29, 1.82) is 0 Å². The first-order chi connectivity index (χ1) is 11.3. The molecule has 0 unspecified atom stereocenters. The number of ether oxygens (including phenoxy) is 2. The summed E-state index contributed by atoms with van der Waals surface area (Å²) in [5.41, 5.74) is 2.22. The van der Waals surface area contributed by atoms with E-state index in [0.29, 0.717) is 19.8 Å². The highest BCUT2D eigenvalue weighted by Crippen LogP contribution is 2.40. The molecule has 1 amide bonds. The molecule has 1 spiro atoms. The van der Waals surface area contributed by atoms with Crippen molar-refractivity contribution in [3.05, 3.63) is 17.5 Å². The first kappa shape index (κ1) is 15.1. The van der Waals surface area contributed by atoms with Gasteiger partial charge in [0.2, 0.25) is 5.91 Å². The highest BCUT2D eigenvalue weighted by atomic mass is 16.5. The fourth-order valence-corrected chi connectivity index (χ4v) is 3.89. The van der Waals surface area contributed by atoms with Crippen LogP contribution in [0.25, 0.3) is 0 Å². The lowest BCUT2D eigenvalue weighted by atomic mass is 9.84. The van der Waals surface area contributed by atoms with Gasteiger partial charge in [-0.1, -0.05) is 0 Å². The van der Waals surface area contributed by atoms with Gasteiger partial charge in [-0.15, -0.1) is 0 Å². The lowest BCUT2D eigenvalue weighted by molar-refractivity contribution is -0.139. The maximum atomic E-state index is 12.4. The van der Waals surface area contributed by atoms with Crippen LogP contribution in [0.4, 0.5) is 0 Å². The van der Waals surface area contributed by atoms with Crippen molar-refractivity contribution in [2.24, 2.45) is 0 Å². The second-order valence-electron chi connectivity index (χ2n) is 6.63. The summed E-state index contributed by atoms with van der Waals surface area (Å²) in [6.45, 7) is 5.79. The summed E-state index contributed by atoms with van der Waals surface area (Å²) in [5, 5.41) is 7.33. The van der Waals surface area contributed by atoms with Gasteiger partial charge in [0.05, 0.1) is 38.3 Å². The van der Waals surface area contributed by atoms with Crippen molar-refractivity contribution in [2.45, 2.75) is 24.9 Å². The van der Waals surface area contributed by atoms with Gasteiger partial charge in [0.25, 0.3) is 0 Å². The predicted octanol–water partition coefficient (Wildman–Crippen LogP) is 0.132. The number of rotatable bonds is 2. The van der Waals surface area contributed by atoms with Crippen molar-refractivity contribution >= 4 is 5.91 Å². The van der Waals surface area contributed by atoms with Crippen molar-refractivity contribution in [3.8, 4) is 0 Å². The minimum Gasteiger partial charge on any atom is -0.378 e. The summed E-state index contributed by atoms with van der Waals surface area (Å²) in [6.07, 6.45) is 4.69. The van der Waals surface area contributed by atoms with E-state index in [-0.39, 0.29) is 11.5 Å². The molecular formula is C16H24N4O3. The number of nitrogens with one attached hydrogen (secondary N) is 1. The normalized spacial score (nSPS) is 24.6. The third kappa shape index (κ3) is 2.88. The van der Waals surface area contributed by atoms with Gasteiger partial charge in [-0.2, -0.15) is 5.10 Å². The number of nitrogens with zero attached hydrogens (tertiary/aromatic N) is 3. The summed E-state index contributed by atoms with van der Waals surface area (Å²) in [4.78, 5) is 16.5. The van der Waals surface area contributed by atoms with Gasteiger partial charge >= 0.3 is 0 Å². The molecule has 2 fully saturated rings. The average Bonchev–Trinajstić information content (AvgIpc) is 3.08. The molecule has 1 aromatic rings. The smallest absolute Gasteiger partial charge is 0.236 e. The first-order valence-electron chi connectivity index (χ1n) is 8.51. The number of aromatic nitrogens is 2. The molecular weight excluding hydrogens is 296 g/mol. The van der Waals surface area contributed by atoms with E-state index in [0.717, 1.165) is 57.7 Å². The van der Waals surface area contributed by atoms with Crippen LogP contribution in [0.5, 0.6) is 0 Å². The molecule has 0 radical (unpaired) electrons. The Labute approximate surface area is 135 Å². The van der Waals surface area contributed by atoms with E-state index >= 15 is 0 Å². The number of likely N-dealkylation sites (tertiary alicyclic amines) is 1. The minimum atomic E-state index is -0.220. The molecule has 0 atom stereocenters. The van der Waals surface area contributed by atoms with Gasteiger partial charge in [0.1, 0.15) is 5.60 Å². The number of H-pyrrole nitrogens is 1. The molecule has 1 aromatic heterocycles. The number of fused-ring (bicyclic) bond motifs is 2. The zero-order valence-electron chi connectivity index (χ0n) is 13.4. The van der Waals surface area contributed by atoms with Gasteiger partial charge in [-0.05, 0) is 24.8 Å². The standard InChI is InChI=1S/C16H24N4O3/c21-14(20-6-9-22-10-7-20)12-19-4-2-16(3-5-19)15-13(1-8-23-16)11-17-18-15/h11H,1-10,12H2,(H,17,18). The number of hydrogen-bond acceptors (Lipinski definition) is 5. The van der Waals surface area contributed by atoms with E-state index in [9.17, 15) is 4.79 Å². The molecule has 1 N–H and O–H groups in total. The van der Waals surface area contributed by atoms with Crippen LogP contribution in [-0.2, 0) is 26.3 Å². The summed E-state index contributed by atoms with van der Waals surface area (Å²) in [6, 6.07) is 0. The SMILES string of the molecule is O=C(CN1CCC2(CC1)OCCc1cn[nH]c12)N1CCOCC1. The maximum absolute atomic E-state index is 12.4. The number of hydrogen-bond donors (Lipinski definition) is 1. The average molecular weight is 320 g/mol. The Kier molecular flexibility index (Phi) is 4.09. The van der Waals surface area contributed by atoms with Crippen LogP contribution in [0, 0.1) is 0 Å². The van der Waals surface area contributed by atoms with E-state index in [1.807, 2.05) is 11.1 Å². The van der Waals surface area contributed by atoms with Crippen LogP contribution < -0.4 is 0 Å². The highest BCUT2D eigenvalue weighted by molar-refractivity contribution is 5.78. The Bertz CT molecular complexity index is 559. The molecule has 0 saturated carbocycles. The maximum Gasteiger partial charge on any atom is 0.236 e. The molecule has 23 heavy (non-hydrogen) atoms. The van der Waals surface area contributed by atoms with Crippen LogP contribution in [-0.4, -0.2) is 78.4 Å². The number of amides is 1. The van der Waals surface area contributed by atoms with Gasteiger partial charge in [0, 0.05) is 26.2 Å². The van der Waals surface area contributed by atoms with Gasteiger partial charge in [-0.25, -0.2) is 0 Å². The van der Waals surface area contributed by atoms with Crippen molar-refractivity contribution in [1.82, 2.24) is 20.0 Å². The third-order valence-corrected chi connectivity index (χ3v) is 5.31. The Balaban J connectivity index is 1.36. The molecule has 7 heteroatoms. The highest BCUT2D eigenvalue weighted by Gasteiger charge is 2.42. The zero-order valence-corrected chi connectivity index (χ0v) is 13.4. The van der Waals surface area contributed by atoms with E-state index in [1.54, 1.807) is 0 Å². The van der Waals surface area contributed by atoms with E-state index in [2.05, 4.69) is 15.1 Å². The van der Waals surface area contributed by atoms with Crippen LogP contribution in [0.15, 0.2) is 6.20 Å². The number of aromatic amines is 1. The van der Waals surface area contributed by atoms with E-state index in [4.69, 9.17) is 9.47 Å². The van der Waals surface area contributed by atoms with Gasteiger partial charge in [0.15, 0.2) is 0 Å². The number of carbonyl (C=O) groups is 1. The fourth-order valence-electron chi connectivity index (χ4n) is 3.89. The number of carbonyl (C=O) groups excluding carboxylic acids is 1. The largest absolute Gasteiger partial charge is 0.378 e. The molecule has 2 saturated heterocycles. The molecule has 0 aliphatic carbocycles. The molecule has 126 valence electrons. The number of piperidine rings is 1. The second-order valence-corrected chi connectivity index (χ2v) is 6.63. The van der Waals surface area contributed by atoms with Gasteiger partial charge < -0.3 is 14.4 Å². The zero-order chi connectivity index (χ0) is 15.7. The van der Waals surface area contributed by atoms with Crippen molar-refractivity contribution < 1.29 is 14.3 Å². The molecule has 3 aliphatic heterocycles. The number of morpholine rings is 1. The second kappa shape index (κ2) is 6.22. The van der Waals surface area contributed by atoms with Crippen LogP contribution in [0.3, 0.4) is 0 Å². The summed E-state index contributed by atoms with van der Waals surface area (Å²) in [5.74, 6) is 0.219. The van der Waals surface area contributed by atoms with Crippen molar-refractivity contribution in [3.63, 3.8) is 0 Å². The minimum absolute atomic E-state index is 0.219. The fraction of sp³-hybridized carbons (Fsp3) is 0.750. The Hall–Kier alpha value is -1.44. The van der Waals surface area contributed by atoms with E-state index in [1.165, 1.54) is 5.56 Å². The van der Waals surface area contributed by atoms with Crippen LogP contribution in [0.2, 0.25) is 0 Å². The van der Waals surface area contributed by atoms with Crippen LogP contribution >= 0.6 is 0 Å². The summed E-state index contributed by atoms with van der Waals surface area (Å²) >= 11 is 0. The Morgan fingerprint density at radius 3 is 2.78 bits per heavy atom. The van der Waals surface area contributed by atoms with Crippen LogP contribution in [0.1, 0.15) is 24.1 Å². The first-order valence-corrected chi connectivity index (χ1v) is 8.51. The summed E-state index contributed by atoms with van der Waals surface area (Å²) < 4.78 is 11.5. The molecule has 4 heterocycles. The molecule has 3 aliphatic rings. The quantitative estimate of drug-likeness (QED) is 0.839. The van der Waals surface area contributed by atoms with E-state index < -0.39 is 0 Å². The Morgan fingerprint density at radius 2 is 2.00 bits per heavy atom. The molecule has 0 bridgehead atoms. The monoisotopic (exact) mass is 320 g/mol. The summed E-state index contributed by atoms with van der Waals surface area (Å²) in [7, 11) is 0. The lowest BCUT2D eigenvalue weighted by Gasteiger charge is -2.43.